The van der Waals surface area contributed by atoms with E-state index in [-0.39, 0.29) is 34.4 Å². The van der Waals surface area contributed by atoms with Gasteiger partial charge >= 0.3 is 5.69 Å². The average Bonchev–Trinajstić information content (AvgIpc) is 3.22. The first-order valence-electron chi connectivity index (χ1n) is 8.77. The van der Waals surface area contributed by atoms with Crippen LogP contribution >= 0.6 is 0 Å². The minimum Gasteiger partial charge on any atom is -0.378 e. The number of amides is 2. The molecule has 3 rings (SSSR count). The lowest BCUT2D eigenvalue weighted by Crippen LogP contribution is -2.41. The number of carbonyl (C=O) groups excluding carboxylic acids is 2. The monoisotopic (exact) mass is 391 g/mol. The van der Waals surface area contributed by atoms with E-state index in [0.29, 0.717) is 32.8 Å². The van der Waals surface area contributed by atoms with Gasteiger partial charge in [0.1, 0.15) is 11.4 Å². The number of ether oxygens (including phenoxy) is 1. The number of aryl methyl sites for hydroxylation is 2. The molecular weight excluding hydrogens is 370 g/mol. The highest BCUT2D eigenvalue weighted by Gasteiger charge is 2.31. The predicted molar refractivity (Wildman–Crippen MR) is 97.2 cm³/mol. The minimum absolute atomic E-state index is 0.181. The fourth-order valence-corrected chi connectivity index (χ4v) is 3.01. The van der Waals surface area contributed by atoms with E-state index in [1.807, 2.05) is 6.92 Å². The van der Waals surface area contributed by atoms with Crippen molar-refractivity contribution in [2.45, 2.75) is 20.4 Å². The number of nitrogens with one attached hydrogen (secondary N) is 1. The molecule has 1 aliphatic heterocycles. The van der Waals surface area contributed by atoms with E-state index in [1.165, 1.54) is 29.5 Å². The van der Waals surface area contributed by atoms with Crippen LogP contribution in [0.4, 0.5) is 11.4 Å². The van der Waals surface area contributed by atoms with E-state index in [9.17, 15) is 19.7 Å². The molecule has 0 unspecified atom stereocenters. The fourth-order valence-electron chi connectivity index (χ4n) is 3.01. The van der Waals surface area contributed by atoms with Gasteiger partial charge in [0.15, 0.2) is 0 Å². The zero-order chi connectivity index (χ0) is 20.4. The normalized spacial score (nSPS) is 14.2. The molecule has 2 aromatic heterocycles. The molecule has 150 valence electrons. The van der Waals surface area contributed by atoms with Crippen LogP contribution in [0.1, 0.15) is 33.6 Å². The van der Waals surface area contributed by atoms with Gasteiger partial charge in [0.05, 0.1) is 30.0 Å². The summed E-state index contributed by atoms with van der Waals surface area (Å²) < 4.78 is 8.01. The molecule has 12 nitrogen and oxygen atoms in total. The molecule has 2 amide bonds. The van der Waals surface area contributed by atoms with Gasteiger partial charge in [0.2, 0.25) is 5.69 Å². The molecule has 0 saturated carbocycles. The predicted octanol–water partition coefficient (Wildman–Crippen LogP) is 0.578. The van der Waals surface area contributed by atoms with Crippen LogP contribution in [0.25, 0.3) is 0 Å². The molecule has 3 heterocycles. The largest absolute Gasteiger partial charge is 0.378 e. The molecular formula is C16H21N7O5. The lowest BCUT2D eigenvalue weighted by molar-refractivity contribution is -0.385. The van der Waals surface area contributed by atoms with Gasteiger partial charge < -0.3 is 15.0 Å². The Morgan fingerprint density at radius 2 is 2.04 bits per heavy atom. The molecule has 2 aromatic rings. The molecule has 0 bridgehead atoms. The Balaban J connectivity index is 1.92. The molecule has 1 saturated heterocycles. The number of aromatic nitrogens is 4. The highest BCUT2D eigenvalue weighted by molar-refractivity contribution is 6.09. The molecule has 1 N–H and O–H groups in total. The molecule has 12 heteroatoms. The highest BCUT2D eigenvalue weighted by Crippen LogP contribution is 2.24. The second kappa shape index (κ2) is 7.76. The first-order chi connectivity index (χ1) is 13.3. The van der Waals surface area contributed by atoms with E-state index in [0.717, 1.165) is 0 Å². The number of rotatable bonds is 5. The maximum atomic E-state index is 12.9. The van der Waals surface area contributed by atoms with Crippen LogP contribution in [0.3, 0.4) is 0 Å². The zero-order valence-corrected chi connectivity index (χ0v) is 15.8. The van der Waals surface area contributed by atoms with Crippen LogP contribution in [0, 0.1) is 17.0 Å². The van der Waals surface area contributed by atoms with Crippen LogP contribution < -0.4 is 5.32 Å². The Labute approximate surface area is 160 Å². The van der Waals surface area contributed by atoms with Crippen molar-refractivity contribution < 1.29 is 19.2 Å². The first kappa shape index (κ1) is 19.5. The topological polar surface area (TPSA) is 137 Å². The molecule has 28 heavy (non-hydrogen) atoms. The number of morpholine rings is 1. The maximum absolute atomic E-state index is 12.9. The Morgan fingerprint density at radius 3 is 2.64 bits per heavy atom. The van der Waals surface area contributed by atoms with Gasteiger partial charge in [-0.1, -0.05) is 0 Å². The summed E-state index contributed by atoms with van der Waals surface area (Å²) in [4.78, 5) is 37.9. The quantitative estimate of drug-likeness (QED) is 0.581. The Hall–Kier alpha value is -3.28. The van der Waals surface area contributed by atoms with Gasteiger partial charge in [-0.05, 0) is 13.8 Å². The smallest absolute Gasteiger partial charge is 0.322 e. The summed E-state index contributed by atoms with van der Waals surface area (Å²) in [5, 5.41) is 22.0. The second-order valence-electron chi connectivity index (χ2n) is 6.24. The number of nitro groups is 1. The van der Waals surface area contributed by atoms with E-state index in [2.05, 4.69) is 15.5 Å². The lowest BCUT2D eigenvalue weighted by atomic mass is 10.2. The van der Waals surface area contributed by atoms with Crippen molar-refractivity contribution in [2.24, 2.45) is 7.05 Å². The van der Waals surface area contributed by atoms with Crippen molar-refractivity contribution >= 4 is 23.2 Å². The molecule has 0 radical (unpaired) electrons. The SMILES string of the molecule is CCn1ncc(NC(=O)c2nn(C)c(C)c2[N+](=O)[O-])c1C(=O)N1CCOCC1. The highest BCUT2D eigenvalue weighted by atomic mass is 16.6. The van der Waals surface area contributed by atoms with Crippen LogP contribution in [-0.2, 0) is 18.3 Å². The number of nitrogens with zero attached hydrogens (tertiary/aromatic N) is 6. The van der Waals surface area contributed by atoms with E-state index < -0.39 is 10.8 Å². The molecule has 0 aliphatic carbocycles. The maximum Gasteiger partial charge on any atom is 0.322 e. The number of hydrogen-bond acceptors (Lipinski definition) is 7. The van der Waals surface area contributed by atoms with E-state index >= 15 is 0 Å². The standard InChI is InChI=1S/C16H21N7O5/c1-4-22-14(16(25)21-5-7-28-8-6-21)11(9-17-22)18-15(24)12-13(23(26)27)10(2)20(3)19-12/h9H,4-8H2,1-3H3,(H,18,24). The molecule has 0 atom stereocenters. The Bertz CT molecular complexity index is 926. The summed E-state index contributed by atoms with van der Waals surface area (Å²) in [5.41, 5.74) is -0.0408. The summed E-state index contributed by atoms with van der Waals surface area (Å²) in [6.07, 6.45) is 1.36. The van der Waals surface area contributed by atoms with Gasteiger partial charge in [-0.2, -0.15) is 10.2 Å². The van der Waals surface area contributed by atoms with Gasteiger partial charge in [0, 0.05) is 26.7 Å². The Morgan fingerprint density at radius 1 is 1.36 bits per heavy atom. The minimum atomic E-state index is -0.776. The van der Waals surface area contributed by atoms with Gasteiger partial charge in [0.25, 0.3) is 11.8 Å². The lowest BCUT2D eigenvalue weighted by Gasteiger charge is -2.27. The molecule has 1 fully saturated rings. The third-order valence-corrected chi connectivity index (χ3v) is 4.59. The fraction of sp³-hybridized carbons (Fsp3) is 0.500. The van der Waals surface area contributed by atoms with Crippen molar-refractivity contribution in [3.8, 4) is 0 Å². The van der Waals surface area contributed by atoms with Crippen molar-refractivity contribution in [2.75, 3.05) is 31.6 Å². The summed E-state index contributed by atoms with van der Waals surface area (Å²) in [6, 6.07) is 0. The van der Waals surface area contributed by atoms with Gasteiger partial charge in [-0.15, -0.1) is 0 Å². The van der Waals surface area contributed by atoms with Crippen molar-refractivity contribution in [3.05, 3.63) is 33.4 Å². The average molecular weight is 391 g/mol. The second-order valence-corrected chi connectivity index (χ2v) is 6.24. The molecule has 0 spiro atoms. The van der Waals surface area contributed by atoms with E-state index in [4.69, 9.17) is 4.74 Å². The summed E-state index contributed by atoms with van der Waals surface area (Å²) >= 11 is 0. The third kappa shape index (κ3) is 3.45. The summed E-state index contributed by atoms with van der Waals surface area (Å²) in [7, 11) is 1.52. The van der Waals surface area contributed by atoms with Crippen LogP contribution in [0.2, 0.25) is 0 Å². The van der Waals surface area contributed by atoms with E-state index in [1.54, 1.807) is 4.90 Å². The zero-order valence-electron chi connectivity index (χ0n) is 15.8. The van der Waals surface area contributed by atoms with Crippen LogP contribution in [0.5, 0.6) is 0 Å². The molecule has 1 aliphatic rings. The first-order valence-corrected chi connectivity index (χ1v) is 8.77. The summed E-state index contributed by atoms with van der Waals surface area (Å²) in [6.45, 7) is 5.49. The number of anilines is 1. The summed E-state index contributed by atoms with van der Waals surface area (Å²) in [5.74, 6) is -1.06. The van der Waals surface area contributed by atoms with Gasteiger partial charge in [-0.25, -0.2) is 0 Å². The van der Waals surface area contributed by atoms with Crippen LogP contribution in [0.15, 0.2) is 6.20 Å². The molecule has 0 aromatic carbocycles. The Kier molecular flexibility index (Phi) is 5.40. The van der Waals surface area contributed by atoms with Crippen molar-refractivity contribution in [1.82, 2.24) is 24.5 Å². The van der Waals surface area contributed by atoms with Crippen molar-refractivity contribution in [1.29, 1.82) is 0 Å². The van der Waals surface area contributed by atoms with Crippen molar-refractivity contribution in [3.63, 3.8) is 0 Å². The van der Waals surface area contributed by atoms with Gasteiger partial charge in [-0.3, -0.25) is 29.1 Å². The third-order valence-electron chi connectivity index (χ3n) is 4.59. The number of hydrogen-bond donors (Lipinski definition) is 1. The number of carbonyl (C=O) groups is 2. The van der Waals surface area contributed by atoms with Crippen LogP contribution in [-0.4, -0.2) is 67.5 Å².